The summed E-state index contributed by atoms with van der Waals surface area (Å²) < 4.78 is 26.7. The van der Waals surface area contributed by atoms with Gasteiger partial charge in [0.05, 0.1) is 28.6 Å². The third-order valence-corrected chi connectivity index (χ3v) is 4.93. The van der Waals surface area contributed by atoms with Gasteiger partial charge in [-0.25, -0.2) is 18.7 Å². The Morgan fingerprint density at radius 1 is 1.10 bits per heavy atom. The van der Waals surface area contributed by atoms with E-state index in [1.807, 2.05) is 0 Å². The first-order chi connectivity index (χ1) is 13.9. The highest BCUT2D eigenvalue weighted by atomic mass is 19.3. The number of rotatable bonds is 3. The highest BCUT2D eigenvalue weighted by Gasteiger charge is 2.35. The molecule has 3 aromatic rings. The zero-order valence-corrected chi connectivity index (χ0v) is 15.4. The van der Waals surface area contributed by atoms with Crippen molar-refractivity contribution in [1.29, 1.82) is 5.41 Å². The molecule has 9 heteroatoms. The number of benzene rings is 1. The van der Waals surface area contributed by atoms with Gasteiger partial charge in [-0.3, -0.25) is 9.78 Å². The number of alkyl halides is 2. The molecular weight excluding hydrogens is 378 g/mol. The van der Waals surface area contributed by atoms with Crippen LogP contribution in [0.5, 0.6) is 0 Å². The van der Waals surface area contributed by atoms with Gasteiger partial charge in [0.1, 0.15) is 11.4 Å². The molecule has 0 unspecified atom stereocenters. The van der Waals surface area contributed by atoms with E-state index in [1.54, 1.807) is 36.5 Å². The second kappa shape index (κ2) is 7.16. The van der Waals surface area contributed by atoms with Gasteiger partial charge in [0, 0.05) is 37.7 Å². The molecule has 2 aromatic heterocycles. The fourth-order valence-corrected chi connectivity index (χ4v) is 3.23. The maximum absolute atomic E-state index is 13.4. The second-order valence-corrected chi connectivity index (χ2v) is 6.92. The Balaban J connectivity index is 1.65. The number of pyridine rings is 1. The van der Waals surface area contributed by atoms with Crippen LogP contribution < -0.4 is 5.73 Å². The SMILES string of the molecule is N=Cc1nc(-c2cnc3ccc(C(=O)N4CCC(F)(F)CC4)cc3n2)ccc1N. The smallest absolute Gasteiger partial charge is 0.253 e. The quantitative estimate of drug-likeness (QED) is 0.661. The van der Waals surface area contributed by atoms with Crippen molar-refractivity contribution in [2.24, 2.45) is 0 Å². The summed E-state index contributed by atoms with van der Waals surface area (Å²) in [4.78, 5) is 27.3. The van der Waals surface area contributed by atoms with Crippen LogP contribution in [0.25, 0.3) is 22.4 Å². The van der Waals surface area contributed by atoms with Crippen LogP contribution in [0.4, 0.5) is 14.5 Å². The largest absolute Gasteiger partial charge is 0.397 e. The summed E-state index contributed by atoms with van der Waals surface area (Å²) in [5.41, 5.74) is 8.92. The Hall–Kier alpha value is -3.49. The zero-order chi connectivity index (χ0) is 20.6. The average molecular weight is 396 g/mol. The molecule has 0 radical (unpaired) electrons. The van der Waals surface area contributed by atoms with Gasteiger partial charge >= 0.3 is 0 Å². The molecule has 0 atom stereocenters. The standard InChI is InChI=1S/C20H18F2N6O/c21-20(22)5-7-28(8-6-20)19(29)12-1-3-14-16(9-12)27-18(11-25-14)15-4-2-13(24)17(10-23)26-15/h1-4,9-11,23H,5-8,24H2. The summed E-state index contributed by atoms with van der Waals surface area (Å²) in [6.07, 6.45) is 1.97. The lowest BCUT2D eigenvalue weighted by Crippen LogP contribution is -2.42. The first-order valence-electron chi connectivity index (χ1n) is 9.07. The summed E-state index contributed by atoms with van der Waals surface area (Å²) >= 11 is 0. The van der Waals surface area contributed by atoms with Crippen LogP contribution in [-0.4, -0.2) is 51.0 Å². The van der Waals surface area contributed by atoms with Crippen LogP contribution in [0.1, 0.15) is 28.9 Å². The Bertz CT molecular complexity index is 1110. The minimum Gasteiger partial charge on any atom is -0.397 e. The van der Waals surface area contributed by atoms with E-state index in [0.29, 0.717) is 39.4 Å². The third kappa shape index (κ3) is 3.75. The fourth-order valence-electron chi connectivity index (χ4n) is 3.23. The number of hydrogen-bond acceptors (Lipinski definition) is 6. The number of halogens is 2. The van der Waals surface area contributed by atoms with Crippen molar-refractivity contribution in [3.8, 4) is 11.4 Å². The van der Waals surface area contributed by atoms with E-state index in [1.165, 1.54) is 4.90 Å². The Morgan fingerprint density at radius 3 is 2.59 bits per heavy atom. The van der Waals surface area contributed by atoms with Gasteiger partial charge in [-0.2, -0.15) is 0 Å². The zero-order valence-electron chi connectivity index (χ0n) is 15.4. The summed E-state index contributed by atoms with van der Waals surface area (Å²) in [5, 5.41) is 7.38. The molecule has 29 heavy (non-hydrogen) atoms. The van der Waals surface area contributed by atoms with Gasteiger partial charge in [0.2, 0.25) is 0 Å². The number of piperidine rings is 1. The Morgan fingerprint density at radius 2 is 1.86 bits per heavy atom. The van der Waals surface area contributed by atoms with E-state index < -0.39 is 5.92 Å². The molecule has 4 rings (SSSR count). The van der Waals surface area contributed by atoms with Gasteiger partial charge in [0.25, 0.3) is 11.8 Å². The average Bonchev–Trinajstić information content (AvgIpc) is 2.73. The third-order valence-electron chi connectivity index (χ3n) is 4.93. The summed E-state index contributed by atoms with van der Waals surface area (Å²) in [7, 11) is 0. The number of likely N-dealkylation sites (tertiary alicyclic amines) is 1. The molecule has 0 bridgehead atoms. The summed E-state index contributed by atoms with van der Waals surface area (Å²) in [6.45, 7) is 0.0503. The number of fused-ring (bicyclic) bond motifs is 1. The number of aromatic nitrogens is 3. The van der Waals surface area contributed by atoms with E-state index in [2.05, 4.69) is 15.0 Å². The van der Waals surface area contributed by atoms with E-state index in [0.717, 1.165) is 6.21 Å². The van der Waals surface area contributed by atoms with Gasteiger partial charge < -0.3 is 16.0 Å². The molecule has 0 aliphatic carbocycles. The number of nitrogens with two attached hydrogens (primary N) is 1. The molecule has 1 saturated heterocycles. The van der Waals surface area contributed by atoms with Crippen molar-refractivity contribution in [2.45, 2.75) is 18.8 Å². The van der Waals surface area contributed by atoms with Crippen LogP contribution in [0.3, 0.4) is 0 Å². The molecule has 1 aromatic carbocycles. The first-order valence-corrected chi connectivity index (χ1v) is 9.07. The molecule has 3 N–H and O–H groups in total. The molecule has 1 aliphatic heterocycles. The monoisotopic (exact) mass is 396 g/mol. The Labute approximate surface area is 165 Å². The topological polar surface area (TPSA) is 109 Å². The summed E-state index contributed by atoms with van der Waals surface area (Å²) in [5.74, 6) is -3.01. The maximum Gasteiger partial charge on any atom is 0.253 e. The van der Waals surface area contributed by atoms with Crippen LogP contribution >= 0.6 is 0 Å². The number of anilines is 1. The van der Waals surface area contributed by atoms with Crippen molar-refractivity contribution in [3.63, 3.8) is 0 Å². The van der Waals surface area contributed by atoms with Gasteiger partial charge in [-0.05, 0) is 30.3 Å². The molecule has 1 aliphatic rings. The second-order valence-electron chi connectivity index (χ2n) is 6.92. The van der Waals surface area contributed by atoms with Crippen molar-refractivity contribution < 1.29 is 13.6 Å². The number of nitrogens with one attached hydrogen (secondary N) is 1. The predicted octanol–water partition coefficient (Wildman–Crippen LogP) is 3.14. The van der Waals surface area contributed by atoms with Crippen molar-refractivity contribution >= 4 is 28.8 Å². The number of amides is 1. The molecule has 148 valence electrons. The minimum atomic E-state index is -2.71. The van der Waals surface area contributed by atoms with Gasteiger partial charge in [-0.15, -0.1) is 0 Å². The van der Waals surface area contributed by atoms with E-state index in [9.17, 15) is 13.6 Å². The molecule has 7 nitrogen and oxygen atoms in total. The Kier molecular flexibility index (Phi) is 4.65. The maximum atomic E-state index is 13.4. The van der Waals surface area contributed by atoms with Crippen molar-refractivity contribution in [3.05, 3.63) is 47.8 Å². The van der Waals surface area contributed by atoms with E-state index >= 15 is 0 Å². The highest BCUT2D eigenvalue weighted by molar-refractivity contribution is 5.97. The first kappa shape index (κ1) is 18.9. The van der Waals surface area contributed by atoms with Gasteiger partial charge in [0.15, 0.2) is 0 Å². The molecule has 0 saturated carbocycles. The van der Waals surface area contributed by atoms with E-state index in [-0.39, 0.29) is 31.8 Å². The minimum absolute atomic E-state index is 0.0251. The van der Waals surface area contributed by atoms with Crippen LogP contribution in [0.15, 0.2) is 36.5 Å². The fraction of sp³-hybridized carbons (Fsp3) is 0.250. The molecule has 1 amide bonds. The normalized spacial score (nSPS) is 16.0. The number of hydrogen-bond donors (Lipinski definition) is 2. The lowest BCUT2D eigenvalue weighted by Gasteiger charge is -2.31. The van der Waals surface area contributed by atoms with Crippen LogP contribution in [0.2, 0.25) is 0 Å². The van der Waals surface area contributed by atoms with Gasteiger partial charge in [-0.1, -0.05) is 0 Å². The number of carbonyl (C=O) groups excluding carboxylic acids is 1. The number of nitrogen functional groups attached to an aromatic ring is 1. The lowest BCUT2D eigenvalue weighted by atomic mass is 10.1. The lowest BCUT2D eigenvalue weighted by molar-refractivity contribution is -0.0494. The van der Waals surface area contributed by atoms with Crippen molar-refractivity contribution in [1.82, 2.24) is 19.9 Å². The molecule has 1 fully saturated rings. The van der Waals surface area contributed by atoms with E-state index in [4.69, 9.17) is 11.1 Å². The van der Waals surface area contributed by atoms with Crippen LogP contribution in [0, 0.1) is 5.41 Å². The molecule has 3 heterocycles. The van der Waals surface area contributed by atoms with Crippen molar-refractivity contribution in [2.75, 3.05) is 18.8 Å². The summed E-state index contributed by atoms with van der Waals surface area (Å²) in [6, 6.07) is 8.23. The molecular formula is C20H18F2N6O. The number of nitrogens with zero attached hydrogens (tertiary/aromatic N) is 4. The highest BCUT2D eigenvalue weighted by Crippen LogP contribution is 2.28. The predicted molar refractivity (Wildman–Crippen MR) is 105 cm³/mol. The number of carbonyl (C=O) groups is 1. The van der Waals surface area contributed by atoms with Crippen LogP contribution in [-0.2, 0) is 0 Å². The molecule has 0 spiro atoms.